The molecule has 7 heteroatoms. The van der Waals surface area contributed by atoms with Crippen molar-refractivity contribution in [2.24, 2.45) is 28.8 Å². The molecular weight excluding hydrogens is 344 g/mol. The SMILES string of the molecule is CC(=O)Oc1ccc(Cl)cc1C=NN1C(=O)C2C3C=CC(C3)C2C1=O. The number of carbonyl (C=O) groups is 3. The van der Waals surface area contributed by atoms with Crippen LogP contribution >= 0.6 is 11.6 Å². The summed E-state index contributed by atoms with van der Waals surface area (Å²) < 4.78 is 5.10. The van der Waals surface area contributed by atoms with Gasteiger partial charge >= 0.3 is 5.97 Å². The molecule has 2 aliphatic carbocycles. The number of hydrogen-bond donors (Lipinski definition) is 0. The second-order valence-electron chi connectivity index (χ2n) is 6.51. The minimum Gasteiger partial charge on any atom is -0.426 e. The number of nitrogens with zero attached hydrogens (tertiary/aromatic N) is 2. The highest BCUT2D eigenvalue weighted by molar-refractivity contribution is 6.31. The third-order valence-corrected chi connectivity index (χ3v) is 5.22. The molecule has 1 aliphatic heterocycles. The van der Waals surface area contributed by atoms with Gasteiger partial charge in [-0.05, 0) is 36.5 Å². The molecule has 2 amide bonds. The number of carbonyl (C=O) groups excluding carboxylic acids is 3. The van der Waals surface area contributed by atoms with E-state index >= 15 is 0 Å². The van der Waals surface area contributed by atoms with Crippen LogP contribution in [0.1, 0.15) is 18.9 Å². The summed E-state index contributed by atoms with van der Waals surface area (Å²) in [5, 5.41) is 5.45. The van der Waals surface area contributed by atoms with Gasteiger partial charge in [0.2, 0.25) is 0 Å². The van der Waals surface area contributed by atoms with E-state index in [4.69, 9.17) is 16.3 Å². The number of fused-ring (bicyclic) bond motifs is 5. The maximum atomic E-state index is 12.6. The lowest BCUT2D eigenvalue weighted by Crippen LogP contribution is -2.28. The molecule has 128 valence electrons. The summed E-state index contributed by atoms with van der Waals surface area (Å²) in [6.45, 7) is 1.28. The van der Waals surface area contributed by atoms with Gasteiger partial charge in [0.25, 0.3) is 11.8 Å². The number of imide groups is 1. The fraction of sp³-hybridized carbons (Fsp3) is 0.333. The molecule has 4 unspecified atom stereocenters. The van der Waals surface area contributed by atoms with E-state index in [-0.39, 0.29) is 41.2 Å². The van der Waals surface area contributed by atoms with Gasteiger partial charge in [-0.1, -0.05) is 23.8 Å². The molecule has 1 saturated carbocycles. The summed E-state index contributed by atoms with van der Waals surface area (Å²) >= 11 is 5.97. The fourth-order valence-corrected chi connectivity index (χ4v) is 4.17. The molecule has 4 atom stereocenters. The smallest absolute Gasteiger partial charge is 0.308 e. The number of benzene rings is 1. The Morgan fingerprint density at radius 2 is 1.88 bits per heavy atom. The van der Waals surface area contributed by atoms with Gasteiger partial charge in [-0.15, -0.1) is 0 Å². The van der Waals surface area contributed by atoms with Gasteiger partial charge in [0.05, 0.1) is 18.1 Å². The molecule has 2 fully saturated rings. The van der Waals surface area contributed by atoms with E-state index in [9.17, 15) is 14.4 Å². The standard InChI is InChI=1S/C18H15ClN2O4/c1-9(22)25-14-5-4-13(19)7-12(14)8-20-21-17(23)15-10-2-3-11(6-10)16(15)18(21)24/h2-5,7-8,10-11,15-16H,6H2,1H3. The summed E-state index contributed by atoms with van der Waals surface area (Å²) in [4.78, 5) is 36.4. The highest BCUT2D eigenvalue weighted by atomic mass is 35.5. The summed E-state index contributed by atoms with van der Waals surface area (Å²) in [6, 6.07) is 4.68. The first-order chi connectivity index (χ1) is 12.0. The quantitative estimate of drug-likeness (QED) is 0.273. The van der Waals surface area contributed by atoms with Crippen LogP contribution in [0.25, 0.3) is 0 Å². The van der Waals surface area contributed by atoms with Crippen molar-refractivity contribution >= 4 is 35.6 Å². The van der Waals surface area contributed by atoms with Crippen LogP contribution in [0, 0.1) is 23.7 Å². The van der Waals surface area contributed by atoms with E-state index in [1.54, 1.807) is 12.1 Å². The Morgan fingerprint density at radius 1 is 1.24 bits per heavy atom. The van der Waals surface area contributed by atoms with E-state index in [0.29, 0.717) is 10.6 Å². The molecule has 1 aromatic rings. The van der Waals surface area contributed by atoms with Gasteiger partial charge in [-0.25, -0.2) is 0 Å². The van der Waals surface area contributed by atoms with Crippen molar-refractivity contribution in [1.29, 1.82) is 0 Å². The van der Waals surface area contributed by atoms with Crippen molar-refractivity contribution in [2.75, 3.05) is 0 Å². The first kappa shape index (κ1) is 16.0. The topological polar surface area (TPSA) is 76.0 Å². The van der Waals surface area contributed by atoms with Crippen LogP contribution in [-0.4, -0.2) is 29.0 Å². The van der Waals surface area contributed by atoms with E-state index in [1.807, 2.05) is 12.2 Å². The fourth-order valence-electron chi connectivity index (χ4n) is 3.99. The zero-order chi connectivity index (χ0) is 17.7. The van der Waals surface area contributed by atoms with Crippen molar-refractivity contribution in [1.82, 2.24) is 5.01 Å². The second-order valence-corrected chi connectivity index (χ2v) is 6.94. The lowest BCUT2D eigenvalue weighted by atomic mass is 9.85. The third-order valence-electron chi connectivity index (χ3n) is 4.98. The third kappa shape index (κ3) is 2.57. The Labute approximate surface area is 149 Å². The molecule has 1 aromatic carbocycles. The molecule has 1 heterocycles. The molecule has 0 radical (unpaired) electrons. The average Bonchev–Trinajstić information content (AvgIpc) is 3.23. The van der Waals surface area contributed by atoms with Crippen LogP contribution < -0.4 is 4.74 Å². The summed E-state index contributed by atoms with van der Waals surface area (Å²) in [7, 11) is 0. The Balaban J connectivity index is 1.61. The number of halogens is 1. The number of allylic oxidation sites excluding steroid dienone is 2. The maximum Gasteiger partial charge on any atom is 0.308 e. The lowest BCUT2D eigenvalue weighted by Gasteiger charge is -2.13. The van der Waals surface area contributed by atoms with Crippen molar-refractivity contribution in [3.63, 3.8) is 0 Å². The number of ether oxygens (including phenoxy) is 1. The largest absolute Gasteiger partial charge is 0.426 e. The summed E-state index contributed by atoms with van der Waals surface area (Å²) in [5.74, 6) is -1.08. The van der Waals surface area contributed by atoms with Crippen LogP contribution in [0.5, 0.6) is 5.75 Å². The van der Waals surface area contributed by atoms with Crippen LogP contribution in [0.2, 0.25) is 5.02 Å². The Morgan fingerprint density at radius 3 is 2.48 bits per heavy atom. The second kappa shape index (κ2) is 5.81. The van der Waals surface area contributed by atoms with Gasteiger partial charge in [0, 0.05) is 17.5 Å². The number of hydrogen-bond acceptors (Lipinski definition) is 5. The Bertz CT molecular complexity index is 817. The number of hydrazone groups is 1. The highest BCUT2D eigenvalue weighted by Gasteiger charge is 2.59. The predicted molar refractivity (Wildman–Crippen MR) is 89.9 cm³/mol. The molecule has 2 bridgehead atoms. The van der Waals surface area contributed by atoms with E-state index < -0.39 is 5.97 Å². The van der Waals surface area contributed by atoms with Crippen LogP contribution in [0.4, 0.5) is 0 Å². The van der Waals surface area contributed by atoms with E-state index in [2.05, 4.69) is 5.10 Å². The molecule has 1 saturated heterocycles. The zero-order valence-electron chi connectivity index (χ0n) is 13.4. The van der Waals surface area contributed by atoms with Gasteiger partial charge in [-0.3, -0.25) is 14.4 Å². The van der Waals surface area contributed by atoms with E-state index in [0.717, 1.165) is 11.4 Å². The zero-order valence-corrected chi connectivity index (χ0v) is 14.1. The molecule has 4 rings (SSSR count). The van der Waals surface area contributed by atoms with Crippen LogP contribution in [0.15, 0.2) is 35.5 Å². The van der Waals surface area contributed by atoms with Crippen LogP contribution in [-0.2, 0) is 14.4 Å². The molecule has 6 nitrogen and oxygen atoms in total. The first-order valence-electron chi connectivity index (χ1n) is 8.04. The van der Waals surface area contributed by atoms with Gasteiger partial charge in [0.15, 0.2) is 0 Å². The first-order valence-corrected chi connectivity index (χ1v) is 8.41. The van der Waals surface area contributed by atoms with Crippen molar-refractivity contribution in [3.8, 4) is 5.75 Å². The lowest BCUT2D eigenvalue weighted by molar-refractivity contribution is -0.140. The monoisotopic (exact) mass is 358 g/mol. The molecule has 0 spiro atoms. The minimum atomic E-state index is -0.484. The summed E-state index contributed by atoms with van der Waals surface area (Å²) in [6.07, 6.45) is 6.26. The molecule has 25 heavy (non-hydrogen) atoms. The van der Waals surface area contributed by atoms with E-state index in [1.165, 1.54) is 19.2 Å². The maximum absolute atomic E-state index is 12.6. The number of esters is 1. The van der Waals surface area contributed by atoms with Crippen molar-refractivity contribution in [2.45, 2.75) is 13.3 Å². The van der Waals surface area contributed by atoms with Gasteiger partial charge in [-0.2, -0.15) is 10.1 Å². The predicted octanol–water partition coefficient (Wildman–Crippen LogP) is 2.41. The highest BCUT2D eigenvalue weighted by Crippen LogP contribution is 2.52. The van der Waals surface area contributed by atoms with Crippen molar-refractivity contribution < 1.29 is 19.1 Å². The summed E-state index contributed by atoms with van der Waals surface area (Å²) in [5.41, 5.74) is 0.418. The number of amides is 2. The molecular formula is C18H15ClN2O4. The van der Waals surface area contributed by atoms with Crippen LogP contribution in [0.3, 0.4) is 0 Å². The van der Waals surface area contributed by atoms with Gasteiger partial charge in [0.1, 0.15) is 5.75 Å². The molecule has 3 aliphatic rings. The average molecular weight is 359 g/mol. The van der Waals surface area contributed by atoms with Gasteiger partial charge < -0.3 is 4.74 Å². The number of rotatable bonds is 3. The minimum absolute atomic E-state index is 0.134. The van der Waals surface area contributed by atoms with Crippen molar-refractivity contribution in [3.05, 3.63) is 40.9 Å². The molecule has 0 N–H and O–H groups in total. The normalized spacial score (nSPS) is 29.8. The Hall–Kier alpha value is -2.47. The Kier molecular flexibility index (Phi) is 3.72. The molecule has 0 aromatic heterocycles.